The summed E-state index contributed by atoms with van der Waals surface area (Å²) in [6.07, 6.45) is 12.2. The van der Waals surface area contributed by atoms with Gasteiger partial charge in [-0.05, 0) is 37.2 Å². The Kier molecular flexibility index (Phi) is 8.29. The van der Waals surface area contributed by atoms with Crippen molar-refractivity contribution in [3.63, 3.8) is 0 Å². The minimum absolute atomic E-state index is 0.0582. The minimum Gasteiger partial charge on any atom is -0.356 e. The van der Waals surface area contributed by atoms with Gasteiger partial charge in [0, 0.05) is 13.5 Å². The van der Waals surface area contributed by atoms with Gasteiger partial charge < -0.3 is 5.32 Å². The van der Waals surface area contributed by atoms with Crippen LogP contribution in [0.4, 0.5) is 0 Å². The van der Waals surface area contributed by atoms with E-state index in [1.165, 1.54) is 0 Å². The number of allylic oxidation sites excluding steroid dienone is 1. The maximum Gasteiger partial charge on any atom is 0.243 e. The van der Waals surface area contributed by atoms with Gasteiger partial charge in [-0.15, -0.1) is 6.42 Å². The van der Waals surface area contributed by atoms with E-state index in [0.717, 1.165) is 25.7 Å². The van der Waals surface area contributed by atoms with Crippen molar-refractivity contribution in [1.29, 1.82) is 0 Å². The first-order valence-electron chi connectivity index (χ1n) is 4.63. The minimum atomic E-state index is -0.0582. The molecule has 0 aliphatic rings. The monoisotopic (exact) mass is 189 g/mol. The fraction of sp³-hybridized carbons (Fsp3) is 0.417. The average Bonchev–Trinajstić information content (AvgIpc) is 2.21. The van der Waals surface area contributed by atoms with Gasteiger partial charge in [-0.3, -0.25) is 4.79 Å². The van der Waals surface area contributed by atoms with E-state index in [9.17, 15) is 4.79 Å². The molecule has 1 N–H and O–H groups in total. The first kappa shape index (κ1) is 12.3. The Morgan fingerprint density at radius 3 is 2.93 bits per heavy atom. The van der Waals surface area contributed by atoms with Gasteiger partial charge in [0.1, 0.15) is 0 Å². The Morgan fingerprint density at radius 2 is 2.29 bits per heavy atom. The molecule has 0 aromatic heterocycles. The van der Waals surface area contributed by atoms with Gasteiger partial charge >= 0.3 is 0 Å². The third-order valence-electron chi connectivity index (χ3n) is 1.60. The van der Waals surface area contributed by atoms with Gasteiger partial charge in [0.05, 0.1) is 0 Å². The summed E-state index contributed by atoms with van der Waals surface area (Å²) < 4.78 is 0. The molecule has 74 valence electrons. The van der Waals surface area contributed by atoms with Crippen molar-refractivity contribution in [2.75, 3.05) is 7.05 Å². The van der Waals surface area contributed by atoms with Gasteiger partial charge in [-0.2, -0.15) is 0 Å². The summed E-state index contributed by atoms with van der Waals surface area (Å²) in [4.78, 5) is 10.7. The van der Waals surface area contributed by atoms with Crippen molar-refractivity contribution in [3.8, 4) is 24.2 Å². The molecular weight excluding hydrogens is 174 g/mol. The van der Waals surface area contributed by atoms with Crippen molar-refractivity contribution in [1.82, 2.24) is 5.32 Å². The van der Waals surface area contributed by atoms with E-state index in [4.69, 9.17) is 6.42 Å². The molecule has 0 atom stereocenters. The molecule has 0 unspecified atom stereocenters. The zero-order valence-electron chi connectivity index (χ0n) is 8.47. The second kappa shape index (κ2) is 9.42. The number of carbonyl (C=O) groups excluding carboxylic acids is 1. The van der Waals surface area contributed by atoms with Crippen LogP contribution in [-0.4, -0.2) is 13.0 Å². The summed E-state index contributed by atoms with van der Waals surface area (Å²) in [5.41, 5.74) is 0. The van der Waals surface area contributed by atoms with Crippen LogP contribution in [0.1, 0.15) is 25.7 Å². The lowest BCUT2D eigenvalue weighted by molar-refractivity contribution is -0.116. The van der Waals surface area contributed by atoms with Crippen LogP contribution < -0.4 is 5.32 Å². The SMILES string of the molecule is C#CC#CCCCC/C=C/C(=O)NC. The first-order valence-corrected chi connectivity index (χ1v) is 4.63. The van der Waals surface area contributed by atoms with E-state index < -0.39 is 0 Å². The molecule has 2 heteroatoms. The van der Waals surface area contributed by atoms with E-state index in [1.54, 1.807) is 13.1 Å². The van der Waals surface area contributed by atoms with Gasteiger partial charge in [-0.25, -0.2) is 0 Å². The summed E-state index contributed by atoms with van der Waals surface area (Å²) in [5.74, 6) is 7.62. The number of unbranched alkanes of at least 4 members (excludes halogenated alkanes) is 3. The number of nitrogens with one attached hydrogen (secondary N) is 1. The van der Waals surface area contributed by atoms with Crippen LogP contribution in [0.2, 0.25) is 0 Å². The van der Waals surface area contributed by atoms with E-state index in [1.807, 2.05) is 6.08 Å². The molecule has 0 aliphatic carbocycles. The van der Waals surface area contributed by atoms with Crippen LogP contribution in [0.5, 0.6) is 0 Å². The highest BCUT2D eigenvalue weighted by Crippen LogP contribution is 1.99. The number of hydrogen-bond donors (Lipinski definition) is 1. The van der Waals surface area contributed by atoms with Crippen LogP contribution in [0.25, 0.3) is 0 Å². The predicted octanol–water partition coefficient (Wildman–Crippen LogP) is 1.49. The lowest BCUT2D eigenvalue weighted by Gasteiger charge is -1.91. The Hall–Kier alpha value is -1.67. The average molecular weight is 189 g/mol. The smallest absolute Gasteiger partial charge is 0.243 e. The predicted molar refractivity (Wildman–Crippen MR) is 58.3 cm³/mol. The molecule has 0 saturated heterocycles. The standard InChI is InChI=1S/C12H15NO/c1-3-4-5-6-7-8-9-10-11-12(14)13-2/h1,10-11H,6-9H2,2H3,(H,13,14)/b11-10+. The molecule has 0 radical (unpaired) electrons. The van der Waals surface area contributed by atoms with Crippen molar-refractivity contribution in [2.45, 2.75) is 25.7 Å². The van der Waals surface area contributed by atoms with Gasteiger partial charge in [0.15, 0.2) is 0 Å². The molecule has 0 fully saturated rings. The molecule has 0 saturated carbocycles. The maximum absolute atomic E-state index is 10.7. The number of carbonyl (C=O) groups is 1. The molecule has 0 heterocycles. The van der Waals surface area contributed by atoms with Crippen molar-refractivity contribution in [3.05, 3.63) is 12.2 Å². The van der Waals surface area contributed by atoms with E-state index in [2.05, 4.69) is 23.1 Å². The first-order chi connectivity index (χ1) is 6.81. The summed E-state index contributed by atoms with van der Waals surface area (Å²) in [5, 5.41) is 2.51. The Labute approximate surface area is 85.8 Å². The van der Waals surface area contributed by atoms with E-state index in [-0.39, 0.29) is 5.91 Å². The van der Waals surface area contributed by atoms with Crippen LogP contribution in [0, 0.1) is 24.2 Å². The normalized spacial score (nSPS) is 8.86. The largest absolute Gasteiger partial charge is 0.356 e. The molecule has 0 aromatic carbocycles. The van der Waals surface area contributed by atoms with E-state index >= 15 is 0 Å². The molecular formula is C12H15NO. The quantitative estimate of drug-likeness (QED) is 0.396. The number of likely N-dealkylation sites (N-methyl/N-ethyl adjacent to an activating group) is 1. The Bertz CT molecular complexity index is 286. The number of amides is 1. The van der Waals surface area contributed by atoms with Crippen molar-refractivity contribution < 1.29 is 4.79 Å². The van der Waals surface area contributed by atoms with Crippen LogP contribution >= 0.6 is 0 Å². The third kappa shape index (κ3) is 8.43. The molecule has 2 nitrogen and oxygen atoms in total. The fourth-order valence-electron chi connectivity index (χ4n) is 0.863. The maximum atomic E-state index is 10.7. The van der Waals surface area contributed by atoms with Gasteiger partial charge in [-0.1, -0.05) is 12.0 Å². The number of hydrogen-bond acceptors (Lipinski definition) is 1. The van der Waals surface area contributed by atoms with Crippen LogP contribution in [0.15, 0.2) is 12.2 Å². The number of rotatable bonds is 5. The summed E-state index contributed by atoms with van der Waals surface area (Å²) >= 11 is 0. The fourth-order valence-corrected chi connectivity index (χ4v) is 0.863. The second-order valence-corrected chi connectivity index (χ2v) is 2.71. The van der Waals surface area contributed by atoms with E-state index in [0.29, 0.717) is 0 Å². The summed E-state index contributed by atoms with van der Waals surface area (Å²) in [7, 11) is 1.61. The second-order valence-electron chi connectivity index (χ2n) is 2.71. The molecule has 0 aromatic rings. The third-order valence-corrected chi connectivity index (χ3v) is 1.60. The van der Waals surface area contributed by atoms with Crippen LogP contribution in [-0.2, 0) is 4.79 Å². The lowest BCUT2D eigenvalue weighted by Crippen LogP contribution is -2.13. The van der Waals surface area contributed by atoms with Crippen LogP contribution in [0.3, 0.4) is 0 Å². The highest BCUT2D eigenvalue weighted by Gasteiger charge is 1.87. The molecule has 0 bridgehead atoms. The summed E-state index contributed by atoms with van der Waals surface area (Å²) in [6, 6.07) is 0. The molecule has 0 spiro atoms. The lowest BCUT2D eigenvalue weighted by atomic mass is 10.2. The molecule has 1 amide bonds. The molecule has 14 heavy (non-hydrogen) atoms. The Balaban J connectivity index is 3.35. The Morgan fingerprint density at radius 1 is 1.50 bits per heavy atom. The van der Waals surface area contributed by atoms with Crippen molar-refractivity contribution in [2.24, 2.45) is 0 Å². The zero-order chi connectivity index (χ0) is 10.6. The van der Waals surface area contributed by atoms with Gasteiger partial charge in [0.25, 0.3) is 0 Å². The highest BCUT2D eigenvalue weighted by molar-refractivity contribution is 5.87. The van der Waals surface area contributed by atoms with Gasteiger partial charge in [0.2, 0.25) is 5.91 Å². The van der Waals surface area contributed by atoms with Crippen molar-refractivity contribution >= 4 is 5.91 Å². The number of terminal acetylenes is 1. The molecule has 0 rings (SSSR count). The summed E-state index contributed by atoms with van der Waals surface area (Å²) in [6.45, 7) is 0. The topological polar surface area (TPSA) is 29.1 Å². The zero-order valence-corrected chi connectivity index (χ0v) is 8.47. The highest BCUT2D eigenvalue weighted by atomic mass is 16.1. The molecule has 0 aliphatic heterocycles.